The summed E-state index contributed by atoms with van der Waals surface area (Å²) in [6.45, 7) is 2.31. The van der Waals surface area contributed by atoms with E-state index in [-0.39, 0.29) is 12.4 Å². The zero-order valence-electron chi connectivity index (χ0n) is 8.36. The molecule has 2 N–H and O–H groups in total. The van der Waals surface area contributed by atoms with Crippen LogP contribution < -0.4 is 5.73 Å². The summed E-state index contributed by atoms with van der Waals surface area (Å²) in [4.78, 5) is 10.9. The third-order valence-corrected chi connectivity index (χ3v) is 3.14. The second-order valence-electron chi connectivity index (χ2n) is 2.89. The lowest BCUT2D eigenvalue weighted by molar-refractivity contribution is -0.139. The molecule has 0 unspecified atom stereocenters. The first-order valence-electron chi connectivity index (χ1n) is 4.58. The highest BCUT2D eigenvalue weighted by atomic mass is 32.2. The first-order chi connectivity index (χ1) is 6.52. The number of hydrogen-bond donors (Lipinski definition) is 1. The minimum absolute atomic E-state index is 0.00299. The molecule has 0 atom stereocenters. The number of carbonyl (C=O) groups is 1. The van der Waals surface area contributed by atoms with E-state index in [1.165, 1.54) is 0 Å². The van der Waals surface area contributed by atoms with Crippen molar-refractivity contribution in [2.24, 2.45) is 5.73 Å². The molecule has 0 aromatic heterocycles. The Balaban J connectivity index is 3.89. The van der Waals surface area contributed by atoms with Crippen molar-refractivity contribution in [2.75, 3.05) is 24.7 Å². The van der Waals surface area contributed by atoms with E-state index in [0.29, 0.717) is 19.4 Å². The quantitative estimate of drug-likeness (QED) is 0.473. The molecule has 0 bridgehead atoms. The largest absolute Gasteiger partial charge is 0.465 e. The molecule has 0 amide bonds. The van der Waals surface area contributed by atoms with Crippen LogP contribution in [0.25, 0.3) is 0 Å². The van der Waals surface area contributed by atoms with Crippen molar-refractivity contribution >= 4 is 15.8 Å². The monoisotopic (exact) mass is 223 g/mol. The van der Waals surface area contributed by atoms with Crippen LogP contribution in [0.3, 0.4) is 0 Å². The Hall–Kier alpha value is -0.620. The topological polar surface area (TPSA) is 86.5 Å². The van der Waals surface area contributed by atoms with Gasteiger partial charge in [0.1, 0.15) is 5.75 Å². The lowest BCUT2D eigenvalue weighted by Crippen LogP contribution is -2.21. The predicted molar refractivity (Wildman–Crippen MR) is 53.6 cm³/mol. The average Bonchev–Trinajstić information content (AvgIpc) is 2.03. The Morgan fingerprint density at radius 2 is 2.00 bits per heavy atom. The predicted octanol–water partition coefficient (Wildman–Crippen LogP) is -0.297. The third kappa shape index (κ3) is 6.85. The van der Waals surface area contributed by atoms with Gasteiger partial charge in [-0.3, -0.25) is 4.79 Å². The van der Waals surface area contributed by atoms with Crippen LogP contribution in [0, 0.1) is 0 Å². The fourth-order valence-electron chi connectivity index (χ4n) is 0.921. The molecule has 0 rings (SSSR count). The maximum absolute atomic E-state index is 11.2. The molecule has 0 aromatic carbocycles. The highest BCUT2D eigenvalue weighted by molar-refractivity contribution is 7.92. The van der Waals surface area contributed by atoms with Gasteiger partial charge in [0.05, 0.1) is 12.4 Å². The Morgan fingerprint density at radius 1 is 1.36 bits per heavy atom. The highest BCUT2D eigenvalue weighted by Gasteiger charge is 2.16. The smallest absolute Gasteiger partial charge is 0.321 e. The minimum atomic E-state index is -3.31. The molecule has 0 aliphatic rings. The molecular weight excluding hydrogens is 206 g/mol. The van der Waals surface area contributed by atoms with Crippen LogP contribution >= 0.6 is 0 Å². The molecule has 0 heterocycles. The van der Waals surface area contributed by atoms with Gasteiger partial charge in [-0.05, 0) is 26.3 Å². The van der Waals surface area contributed by atoms with Gasteiger partial charge >= 0.3 is 5.97 Å². The van der Waals surface area contributed by atoms with Gasteiger partial charge in [-0.25, -0.2) is 8.42 Å². The molecule has 84 valence electrons. The van der Waals surface area contributed by atoms with E-state index >= 15 is 0 Å². The lowest BCUT2D eigenvalue weighted by atomic mass is 10.3. The number of sulfone groups is 1. The van der Waals surface area contributed by atoms with E-state index in [1.807, 2.05) is 0 Å². The number of nitrogens with two attached hydrogens (primary N) is 1. The Kier molecular flexibility index (Phi) is 6.48. The SMILES string of the molecule is CCOC(=O)CS(=O)(=O)CCCCN. The van der Waals surface area contributed by atoms with Crippen molar-refractivity contribution in [2.45, 2.75) is 19.8 Å². The van der Waals surface area contributed by atoms with Crippen molar-refractivity contribution in [1.82, 2.24) is 0 Å². The summed E-state index contributed by atoms with van der Waals surface area (Å²) >= 11 is 0. The first kappa shape index (κ1) is 13.4. The molecule has 14 heavy (non-hydrogen) atoms. The van der Waals surface area contributed by atoms with Gasteiger partial charge in [-0.15, -0.1) is 0 Å². The van der Waals surface area contributed by atoms with Gasteiger partial charge in [0.15, 0.2) is 9.84 Å². The van der Waals surface area contributed by atoms with Gasteiger partial charge in [-0.1, -0.05) is 0 Å². The number of hydrogen-bond acceptors (Lipinski definition) is 5. The zero-order valence-corrected chi connectivity index (χ0v) is 9.18. The summed E-state index contributed by atoms with van der Waals surface area (Å²) in [5.41, 5.74) is 5.22. The van der Waals surface area contributed by atoms with E-state index < -0.39 is 21.6 Å². The van der Waals surface area contributed by atoms with Crippen LogP contribution in [0.4, 0.5) is 0 Å². The van der Waals surface area contributed by atoms with Crippen molar-refractivity contribution in [3.8, 4) is 0 Å². The number of esters is 1. The molecule has 0 spiro atoms. The first-order valence-corrected chi connectivity index (χ1v) is 6.40. The fraction of sp³-hybridized carbons (Fsp3) is 0.875. The number of ether oxygens (including phenoxy) is 1. The normalized spacial score (nSPS) is 11.3. The van der Waals surface area contributed by atoms with E-state index in [4.69, 9.17) is 5.73 Å². The molecule has 0 aromatic rings. The van der Waals surface area contributed by atoms with E-state index in [2.05, 4.69) is 4.74 Å². The van der Waals surface area contributed by atoms with Gasteiger partial charge in [0.25, 0.3) is 0 Å². The van der Waals surface area contributed by atoms with Crippen LogP contribution in [-0.2, 0) is 19.4 Å². The molecule has 6 heteroatoms. The number of rotatable bonds is 7. The van der Waals surface area contributed by atoms with Gasteiger partial charge < -0.3 is 10.5 Å². The fourth-order valence-corrected chi connectivity index (χ4v) is 2.15. The summed E-state index contributed by atoms with van der Waals surface area (Å²) in [6, 6.07) is 0. The molecule has 0 radical (unpaired) electrons. The summed E-state index contributed by atoms with van der Waals surface area (Å²) in [7, 11) is -3.31. The Morgan fingerprint density at radius 3 is 2.50 bits per heavy atom. The molecule has 0 aliphatic heterocycles. The van der Waals surface area contributed by atoms with Gasteiger partial charge in [0.2, 0.25) is 0 Å². The number of carbonyl (C=O) groups excluding carboxylic acids is 1. The van der Waals surface area contributed by atoms with Crippen molar-refractivity contribution in [3.63, 3.8) is 0 Å². The maximum Gasteiger partial charge on any atom is 0.321 e. The van der Waals surface area contributed by atoms with Crippen molar-refractivity contribution in [1.29, 1.82) is 0 Å². The van der Waals surface area contributed by atoms with E-state index in [1.54, 1.807) is 6.92 Å². The minimum Gasteiger partial charge on any atom is -0.465 e. The van der Waals surface area contributed by atoms with Gasteiger partial charge in [0, 0.05) is 0 Å². The van der Waals surface area contributed by atoms with Gasteiger partial charge in [-0.2, -0.15) is 0 Å². The van der Waals surface area contributed by atoms with Crippen LogP contribution in [0.15, 0.2) is 0 Å². The number of unbranched alkanes of at least 4 members (excludes halogenated alkanes) is 1. The van der Waals surface area contributed by atoms with E-state index in [0.717, 1.165) is 0 Å². The average molecular weight is 223 g/mol. The summed E-state index contributed by atoms with van der Waals surface area (Å²) in [6.07, 6.45) is 1.15. The summed E-state index contributed by atoms with van der Waals surface area (Å²) in [5, 5.41) is 0. The van der Waals surface area contributed by atoms with Crippen LogP contribution in [0.2, 0.25) is 0 Å². The highest BCUT2D eigenvalue weighted by Crippen LogP contribution is 1.98. The second kappa shape index (κ2) is 6.78. The summed E-state index contributed by atoms with van der Waals surface area (Å²) in [5.74, 6) is -1.20. The molecule has 0 saturated carbocycles. The van der Waals surface area contributed by atoms with E-state index in [9.17, 15) is 13.2 Å². The second-order valence-corrected chi connectivity index (χ2v) is 5.08. The Labute approximate surface area is 84.5 Å². The molecule has 0 fully saturated rings. The Bertz CT molecular complexity index is 261. The summed E-state index contributed by atoms with van der Waals surface area (Å²) < 4.78 is 27.0. The molecular formula is C8H17NO4S. The lowest BCUT2D eigenvalue weighted by Gasteiger charge is -2.03. The zero-order chi connectivity index (χ0) is 11.0. The maximum atomic E-state index is 11.2. The molecule has 5 nitrogen and oxygen atoms in total. The molecule has 0 aliphatic carbocycles. The van der Waals surface area contributed by atoms with Crippen LogP contribution in [0.5, 0.6) is 0 Å². The standard InChI is InChI=1S/C8H17NO4S/c1-2-13-8(10)7-14(11,12)6-4-3-5-9/h2-7,9H2,1H3. The van der Waals surface area contributed by atoms with Crippen molar-refractivity contribution < 1.29 is 17.9 Å². The van der Waals surface area contributed by atoms with Crippen LogP contribution in [-0.4, -0.2) is 39.0 Å². The molecule has 0 saturated heterocycles. The van der Waals surface area contributed by atoms with Crippen molar-refractivity contribution in [3.05, 3.63) is 0 Å². The third-order valence-electron chi connectivity index (χ3n) is 1.55. The van der Waals surface area contributed by atoms with Crippen LogP contribution in [0.1, 0.15) is 19.8 Å².